The van der Waals surface area contributed by atoms with Crippen LogP contribution >= 0.6 is 0 Å². The SMILES string of the molecule is C=C(C1C(C)CC=CCC1N)C1(C#N)CC1. The fourth-order valence-electron chi connectivity index (χ4n) is 2.83. The second kappa shape index (κ2) is 4.07. The third kappa shape index (κ3) is 1.81. The van der Waals surface area contributed by atoms with Gasteiger partial charge in [0.05, 0.1) is 11.5 Å². The van der Waals surface area contributed by atoms with E-state index in [2.05, 4.69) is 31.7 Å². The second-order valence-corrected chi connectivity index (χ2v) is 5.33. The molecule has 2 aliphatic carbocycles. The van der Waals surface area contributed by atoms with Crippen molar-refractivity contribution in [3.63, 3.8) is 0 Å². The van der Waals surface area contributed by atoms with E-state index in [4.69, 9.17) is 5.73 Å². The summed E-state index contributed by atoms with van der Waals surface area (Å²) in [6.45, 7) is 6.42. The number of nitrogens with two attached hydrogens (primary N) is 1. The number of hydrogen-bond acceptors (Lipinski definition) is 2. The molecule has 16 heavy (non-hydrogen) atoms. The monoisotopic (exact) mass is 216 g/mol. The minimum Gasteiger partial charge on any atom is -0.327 e. The van der Waals surface area contributed by atoms with Crippen molar-refractivity contribution in [3.05, 3.63) is 24.3 Å². The van der Waals surface area contributed by atoms with Gasteiger partial charge in [0.2, 0.25) is 0 Å². The van der Waals surface area contributed by atoms with Crippen LogP contribution in [0, 0.1) is 28.6 Å². The van der Waals surface area contributed by atoms with Gasteiger partial charge in [0.25, 0.3) is 0 Å². The third-order valence-electron chi connectivity index (χ3n) is 4.14. The van der Waals surface area contributed by atoms with Crippen molar-refractivity contribution in [2.24, 2.45) is 23.0 Å². The summed E-state index contributed by atoms with van der Waals surface area (Å²) in [5.74, 6) is 0.809. The number of allylic oxidation sites excluding steroid dienone is 1. The summed E-state index contributed by atoms with van der Waals surface area (Å²) in [6, 6.07) is 2.57. The summed E-state index contributed by atoms with van der Waals surface area (Å²) < 4.78 is 0. The largest absolute Gasteiger partial charge is 0.327 e. The van der Waals surface area contributed by atoms with Crippen LogP contribution in [-0.2, 0) is 0 Å². The van der Waals surface area contributed by atoms with Gasteiger partial charge in [-0.15, -0.1) is 0 Å². The zero-order valence-corrected chi connectivity index (χ0v) is 9.95. The first-order valence-corrected chi connectivity index (χ1v) is 6.12. The van der Waals surface area contributed by atoms with Crippen LogP contribution in [-0.4, -0.2) is 6.04 Å². The summed E-state index contributed by atoms with van der Waals surface area (Å²) in [4.78, 5) is 0. The molecule has 1 fully saturated rings. The van der Waals surface area contributed by atoms with Gasteiger partial charge in [-0.25, -0.2) is 0 Å². The van der Waals surface area contributed by atoms with E-state index in [0.717, 1.165) is 31.3 Å². The minimum atomic E-state index is -0.235. The molecule has 0 spiro atoms. The molecule has 0 radical (unpaired) electrons. The molecule has 0 aromatic carbocycles. The molecule has 0 bridgehead atoms. The Bertz CT molecular complexity index is 343. The standard InChI is InChI=1S/C14H20N2/c1-10-5-3-4-6-12(16)13(10)11(2)14(9-15)7-8-14/h3-4,10,12-13H,2,5-8,16H2,1H3. The van der Waals surface area contributed by atoms with Gasteiger partial charge in [-0.05, 0) is 37.5 Å². The maximum Gasteiger partial charge on any atom is 0.0784 e. The Morgan fingerprint density at radius 2 is 2.06 bits per heavy atom. The lowest BCUT2D eigenvalue weighted by Gasteiger charge is -2.31. The normalized spacial score (nSPS) is 36.2. The molecule has 2 N–H and O–H groups in total. The van der Waals surface area contributed by atoms with Gasteiger partial charge >= 0.3 is 0 Å². The van der Waals surface area contributed by atoms with Crippen molar-refractivity contribution in [2.45, 2.75) is 38.6 Å². The molecule has 0 aliphatic heterocycles. The van der Waals surface area contributed by atoms with E-state index in [1.54, 1.807) is 0 Å². The summed E-state index contributed by atoms with van der Waals surface area (Å²) in [7, 11) is 0. The van der Waals surface area contributed by atoms with Crippen LogP contribution in [0.1, 0.15) is 32.6 Å². The van der Waals surface area contributed by atoms with E-state index in [0.29, 0.717) is 11.8 Å². The molecule has 3 unspecified atom stereocenters. The molecule has 1 saturated carbocycles. The number of hydrogen-bond donors (Lipinski definition) is 1. The van der Waals surface area contributed by atoms with Crippen molar-refractivity contribution in [2.75, 3.05) is 0 Å². The topological polar surface area (TPSA) is 49.8 Å². The number of nitrogens with zero attached hydrogens (tertiary/aromatic N) is 1. The van der Waals surface area contributed by atoms with Crippen LogP contribution in [0.5, 0.6) is 0 Å². The highest BCUT2D eigenvalue weighted by molar-refractivity contribution is 5.32. The van der Waals surface area contributed by atoms with Gasteiger partial charge in [0.15, 0.2) is 0 Å². The molecule has 2 heteroatoms. The molecular weight excluding hydrogens is 196 g/mol. The Morgan fingerprint density at radius 3 is 2.62 bits per heavy atom. The lowest BCUT2D eigenvalue weighted by molar-refractivity contribution is 0.336. The van der Waals surface area contributed by atoms with E-state index in [9.17, 15) is 5.26 Å². The van der Waals surface area contributed by atoms with Crippen LogP contribution in [0.15, 0.2) is 24.3 Å². The first-order valence-electron chi connectivity index (χ1n) is 6.12. The smallest absolute Gasteiger partial charge is 0.0784 e. The third-order valence-corrected chi connectivity index (χ3v) is 4.14. The summed E-state index contributed by atoms with van der Waals surface area (Å²) >= 11 is 0. The van der Waals surface area contributed by atoms with Gasteiger partial charge in [-0.2, -0.15) is 5.26 Å². The van der Waals surface area contributed by atoms with E-state index in [1.165, 1.54) is 0 Å². The zero-order valence-electron chi connectivity index (χ0n) is 9.95. The number of rotatable bonds is 2. The Balaban J connectivity index is 2.19. The van der Waals surface area contributed by atoms with Crippen LogP contribution in [0.4, 0.5) is 0 Å². The quantitative estimate of drug-likeness (QED) is 0.721. The van der Waals surface area contributed by atoms with Crippen LogP contribution in [0.3, 0.4) is 0 Å². The van der Waals surface area contributed by atoms with E-state index in [-0.39, 0.29) is 11.5 Å². The van der Waals surface area contributed by atoms with Gasteiger partial charge in [-0.1, -0.05) is 31.2 Å². The zero-order chi connectivity index (χ0) is 11.8. The highest BCUT2D eigenvalue weighted by atomic mass is 14.7. The maximum atomic E-state index is 9.23. The molecule has 2 aliphatic rings. The molecule has 2 nitrogen and oxygen atoms in total. The summed E-state index contributed by atoms with van der Waals surface area (Å²) in [5, 5.41) is 9.23. The van der Waals surface area contributed by atoms with Crippen LogP contribution < -0.4 is 5.73 Å². The van der Waals surface area contributed by atoms with Crippen molar-refractivity contribution in [1.29, 1.82) is 5.26 Å². The lowest BCUT2D eigenvalue weighted by Crippen LogP contribution is -2.36. The number of nitriles is 1. The van der Waals surface area contributed by atoms with Gasteiger partial charge in [-0.3, -0.25) is 0 Å². The molecule has 3 atom stereocenters. The average Bonchev–Trinajstić information content (AvgIpc) is 3.05. The molecule has 0 aromatic heterocycles. The van der Waals surface area contributed by atoms with Gasteiger partial charge in [0, 0.05) is 6.04 Å². The van der Waals surface area contributed by atoms with E-state index >= 15 is 0 Å². The molecule has 2 rings (SSSR count). The summed E-state index contributed by atoms with van der Waals surface area (Å²) in [5.41, 5.74) is 7.09. The second-order valence-electron chi connectivity index (χ2n) is 5.33. The Kier molecular flexibility index (Phi) is 2.90. The van der Waals surface area contributed by atoms with E-state index in [1.807, 2.05) is 0 Å². The molecule has 0 aromatic rings. The first-order chi connectivity index (χ1) is 7.60. The van der Waals surface area contributed by atoms with Crippen LogP contribution in [0.2, 0.25) is 0 Å². The summed E-state index contributed by atoms with van der Waals surface area (Å²) in [6.07, 6.45) is 8.30. The molecule has 0 amide bonds. The predicted octanol–water partition coefficient (Wildman–Crippen LogP) is 2.78. The fourth-order valence-corrected chi connectivity index (χ4v) is 2.83. The molecule has 0 heterocycles. The van der Waals surface area contributed by atoms with Crippen molar-refractivity contribution >= 4 is 0 Å². The first kappa shape index (κ1) is 11.4. The van der Waals surface area contributed by atoms with Crippen molar-refractivity contribution < 1.29 is 0 Å². The fraction of sp³-hybridized carbons (Fsp3) is 0.643. The van der Waals surface area contributed by atoms with Crippen molar-refractivity contribution in [1.82, 2.24) is 0 Å². The Morgan fingerprint density at radius 1 is 1.44 bits per heavy atom. The highest BCUT2D eigenvalue weighted by Gasteiger charge is 2.49. The van der Waals surface area contributed by atoms with Crippen molar-refractivity contribution in [3.8, 4) is 6.07 Å². The molecule has 0 saturated heterocycles. The van der Waals surface area contributed by atoms with Gasteiger partial charge in [0.1, 0.15) is 0 Å². The molecular formula is C14H20N2. The van der Waals surface area contributed by atoms with E-state index < -0.39 is 0 Å². The lowest BCUT2D eigenvalue weighted by atomic mass is 9.75. The Hall–Kier alpha value is -1.07. The Labute approximate surface area is 97.8 Å². The molecule has 86 valence electrons. The highest BCUT2D eigenvalue weighted by Crippen LogP contribution is 2.55. The predicted molar refractivity (Wildman–Crippen MR) is 65.4 cm³/mol. The average molecular weight is 216 g/mol. The van der Waals surface area contributed by atoms with Crippen LogP contribution in [0.25, 0.3) is 0 Å². The minimum absolute atomic E-state index is 0.132. The maximum absolute atomic E-state index is 9.23. The van der Waals surface area contributed by atoms with Gasteiger partial charge < -0.3 is 5.73 Å².